The van der Waals surface area contributed by atoms with Crippen LogP contribution in [0.1, 0.15) is 25.5 Å². The topological polar surface area (TPSA) is 64.6 Å². The van der Waals surface area contributed by atoms with Crippen molar-refractivity contribution in [3.63, 3.8) is 0 Å². The van der Waals surface area contributed by atoms with E-state index in [4.69, 9.17) is 4.74 Å². The van der Waals surface area contributed by atoms with E-state index in [9.17, 15) is 9.59 Å². The number of ether oxygens (including phenoxy) is 2. The Morgan fingerprint density at radius 3 is 2.37 bits per heavy atom. The van der Waals surface area contributed by atoms with E-state index in [1.807, 2.05) is 30.3 Å². The van der Waals surface area contributed by atoms with Crippen LogP contribution < -0.4 is 5.32 Å². The Morgan fingerprint density at radius 2 is 1.84 bits per heavy atom. The summed E-state index contributed by atoms with van der Waals surface area (Å²) >= 11 is 0. The molecule has 0 radical (unpaired) electrons. The van der Waals surface area contributed by atoms with Gasteiger partial charge in [-0.2, -0.15) is 0 Å². The van der Waals surface area contributed by atoms with Gasteiger partial charge in [0.1, 0.15) is 6.61 Å². The molecule has 104 valence electrons. The van der Waals surface area contributed by atoms with Crippen molar-refractivity contribution in [1.29, 1.82) is 0 Å². The van der Waals surface area contributed by atoms with Gasteiger partial charge in [0.15, 0.2) is 0 Å². The second-order valence-corrected chi connectivity index (χ2v) is 4.39. The summed E-state index contributed by atoms with van der Waals surface area (Å²) in [6.07, 6.45) is -0.764. The fourth-order valence-corrected chi connectivity index (χ4v) is 1.46. The molecule has 0 aliphatic carbocycles. The van der Waals surface area contributed by atoms with Crippen LogP contribution in [0.2, 0.25) is 0 Å². The first-order valence-corrected chi connectivity index (χ1v) is 6.10. The maximum absolute atomic E-state index is 11.8. The third-order valence-electron chi connectivity index (χ3n) is 2.58. The molecular formula is C14H19NO4. The zero-order chi connectivity index (χ0) is 14.3. The predicted molar refractivity (Wildman–Crippen MR) is 70.5 cm³/mol. The molecule has 0 saturated carbocycles. The number of rotatable bonds is 5. The van der Waals surface area contributed by atoms with Crippen molar-refractivity contribution in [1.82, 2.24) is 5.32 Å². The standard InChI is InChI=1S/C14H19NO4/c1-10(2)13(16)15-12(9-19-14(17)18-3)11-7-5-4-6-8-11/h4-8,10,12H,9H2,1-3H3,(H,15,16)/t12-/m0/s1. The molecule has 0 aliphatic heterocycles. The van der Waals surface area contributed by atoms with Crippen molar-refractivity contribution >= 4 is 12.1 Å². The van der Waals surface area contributed by atoms with Crippen molar-refractivity contribution < 1.29 is 19.1 Å². The minimum atomic E-state index is -0.764. The molecule has 1 aromatic rings. The molecule has 1 atom stereocenters. The van der Waals surface area contributed by atoms with Crippen LogP contribution in [0.4, 0.5) is 4.79 Å². The number of carbonyl (C=O) groups excluding carboxylic acids is 2. The summed E-state index contributed by atoms with van der Waals surface area (Å²) in [6, 6.07) is 8.96. The van der Waals surface area contributed by atoms with Crippen LogP contribution in [0.3, 0.4) is 0 Å². The first-order valence-electron chi connectivity index (χ1n) is 6.10. The van der Waals surface area contributed by atoms with Gasteiger partial charge >= 0.3 is 6.16 Å². The lowest BCUT2D eigenvalue weighted by atomic mass is 10.1. The van der Waals surface area contributed by atoms with Crippen LogP contribution in [0.15, 0.2) is 30.3 Å². The Kier molecular flexibility index (Phi) is 5.85. The highest BCUT2D eigenvalue weighted by Crippen LogP contribution is 2.14. The fraction of sp³-hybridized carbons (Fsp3) is 0.429. The zero-order valence-corrected chi connectivity index (χ0v) is 11.4. The SMILES string of the molecule is COC(=O)OC[C@H](NC(=O)C(C)C)c1ccccc1. The molecule has 1 N–H and O–H groups in total. The first kappa shape index (κ1) is 15.0. The first-order chi connectivity index (χ1) is 9.04. The highest BCUT2D eigenvalue weighted by molar-refractivity contribution is 5.78. The van der Waals surface area contributed by atoms with Gasteiger partial charge in [0, 0.05) is 5.92 Å². The number of carbonyl (C=O) groups is 2. The minimum Gasteiger partial charge on any atom is -0.438 e. The van der Waals surface area contributed by atoms with E-state index in [1.54, 1.807) is 13.8 Å². The van der Waals surface area contributed by atoms with Gasteiger partial charge in [-0.25, -0.2) is 4.79 Å². The quantitative estimate of drug-likeness (QED) is 0.829. The summed E-state index contributed by atoms with van der Waals surface area (Å²) in [4.78, 5) is 22.8. The molecule has 0 fully saturated rings. The molecular weight excluding hydrogens is 246 g/mol. The van der Waals surface area contributed by atoms with E-state index in [-0.39, 0.29) is 24.5 Å². The van der Waals surface area contributed by atoms with E-state index < -0.39 is 6.16 Å². The number of nitrogens with one attached hydrogen (secondary N) is 1. The molecule has 0 spiro atoms. The Hall–Kier alpha value is -2.04. The third kappa shape index (κ3) is 4.99. The molecule has 0 aromatic heterocycles. The van der Waals surface area contributed by atoms with Crippen molar-refractivity contribution in [2.24, 2.45) is 5.92 Å². The molecule has 0 aliphatic rings. The highest BCUT2D eigenvalue weighted by Gasteiger charge is 2.18. The summed E-state index contributed by atoms with van der Waals surface area (Å²) in [5.41, 5.74) is 0.875. The van der Waals surface area contributed by atoms with E-state index in [2.05, 4.69) is 10.1 Å². The second-order valence-electron chi connectivity index (χ2n) is 4.39. The lowest BCUT2D eigenvalue weighted by Gasteiger charge is -2.20. The van der Waals surface area contributed by atoms with Crippen LogP contribution in [0, 0.1) is 5.92 Å². The van der Waals surface area contributed by atoms with E-state index in [0.717, 1.165) is 5.56 Å². The van der Waals surface area contributed by atoms with Crippen LogP contribution in [0.25, 0.3) is 0 Å². The highest BCUT2D eigenvalue weighted by atomic mass is 16.7. The molecule has 5 nitrogen and oxygen atoms in total. The van der Waals surface area contributed by atoms with Crippen molar-refractivity contribution in [2.45, 2.75) is 19.9 Å². The normalized spacial score (nSPS) is 11.8. The number of amides is 1. The molecule has 0 bridgehead atoms. The van der Waals surface area contributed by atoms with Crippen LogP contribution in [-0.4, -0.2) is 25.8 Å². The van der Waals surface area contributed by atoms with E-state index >= 15 is 0 Å². The van der Waals surface area contributed by atoms with E-state index in [1.165, 1.54) is 7.11 Å². The predicted octanol–water partition coefficient (Wildman–Crippen LogP) is 2.28. The number of benzene rings is 1. The number of hydrogen-bond donors (Lipinski definition) is 1. The van der Waals surface area contributed by atoms with Gasteiger partial charge in [0.05, 0.1) is 13.2 Å². The molecule has 1 rings (SSSR count). The second kappa shape index (κ2) is 7.41. The molecule has 0 saturated heterocycles. The average molecular weight is 265 g/mol. The molecule has 1 aromatic carbocycles. The molecule has 19 heavy (non-hydrogen) atoms. The molecule has 1 amide bonds. The van der Waals surface area contributed by atoms with Gasteiger partial charge in [-0.3, -0.25) is 4.79 Å². The van der Waals surface area contributed by atoms with Crippen molar-refractivity contribution in [3.05, 3.63) is 35.9 Å². The summed E-state index contributed by atoms with van der Waals surface area (Å²) in [6.45, 7) is 3.65. The van der Waals surface area contributed by atoms with Gasteiger partial charge < -0.3 is 14.8 Å². The summed E-state index contributed by atoms with van der Waals surface area (Å²) in [5, 5.41) is 2.84. The summed E-state index contributed by atoms with van der Waals surface area (Å²) < 4.78 is 9.33. The van der Waals surface area contributed by atoms with Gasteiger partial charge in [-0.15, -0.1) is 0 Å². The number of hydrogen-bond acceptors (Lipinski definition) is 4. The molecule has 5 heteroatoms. The Balaban J connectivity index is 2.73. The fourth-order valence-electron chi connectivity index (χ4n) is 1.46. The van der Waals surface area contributed by atoms with Gasteiger partial charge in [-0.05, 0) is 5.56 Å². The molecule has 0 heterocycles. The van der Waals surface area contributed by atoms with Crippen molar-refractivity contribution in [2.75, 3.05) is 13.7 Å². The van der Waals surface area contributed by atoms with Gasteiger partial charge in [0.25, 0.3) is 0 Å². The summed E-state index contributed by atoms with van der Waals surface area (Å²) in [5.74, 6) is -0.230. The van der Waals surface area contributed by atoms with Gasteiger partial charge in [-0.1, -0.05) is 44.2 Å². The van der Waals surface area contributed by atoms with Crippen LogP contribution in [0.5, 0.6) is 0 Å². The maximum atomic E-state index is 11.8. The number of methoxy groups -OCH3 is 1. The van der Waals surface area contributed by atoms with Gasteiger partial charge in [0.2, 0.25) is 5.91 Å². The van der Waals surface area contributed by atoms with Crippen LogP contribution >= 0.6 is 0 Å². The molecule has 0 unspecified atom stereocenters. The third-order valence-corrected chi connectivity index (χ3v) is 2.58. The maximum Gasteiger partial charge on any atom is 0.508 e. The zero-order valence-electron chi connectivity index (χ0n) is 11.4. The largest absolute Gasteiger partial charge is 0.508 e. The average Bonchev–Trinajstić information content (AvgIpc) is 2.43. The summed E-state index contributed by atoms with van der Waals surface area (Å²) in [7, 11) is 1.24. The van der Waals surface area contributed by atoms with E-state index in [0.29, 0.717) is 0 Å². The lowest BCUT2D eigenvalue weighted by Crippen LogP contribution is -2.34. The monoisotopic (exact) mass is 265 g/mol. The van der Waals surface area contributed by atoms with Crippen LogP contribution in [-0.2, 0) is 14.3 Å². The smallest absolute Gasteiger partial charge is 0.438 e. The Morgan fingerprint density at radius 1 is 1.21 bits per heavy atom. The van der Waals surface area contributed by atoms with Crippen molar-refractivity contribution in [3.8, 4) is 0 Å². The minimum absolute atomic E-state index is 0.0369. The Bertz CT molecular complexity index is 417. The Labute approximate surface area is 112 Å². The lowest BCUT2D eigenvalue weighted by molar-refractivity contribution is -0.125.